The van der Waals surface area contributed by atoms with Gasteiger partial charge in [-0.1, -0.05) is 36.4 Å². The zero-order chi connectivity index (χ0) is 14.7. The highest BCUT2D eigenvalue weighted by Gasteiger charge is 2.13. The largest absolute Gasteiger partial charge is 0.344 e. The molecule has 1 heterocycles. The molecule has 0 amide bonds. The molecule has 5 rings (SSSR count). The van der Waals surface area contributed by atoms with E-state index in [1.807, 2.05) is 0 Å². The third-order valence-electron chi connectivity index (χ3n) is 5.01. The van der Waals surface area contributed by atoms with Gasteiger partial charge < -0.3 is 4.57 Å². The Bertz CT molecular complexity index is 1080. The number of hydrogen-bond acceptors (Lipinski definition) is 0. The molecule has 4 aromatic rings. The Morgan fingerprint density at radius 1 is 0.864 bits per heavy atom. The lowest BCUT2D eigenvalue weighted by Gasteiger charge is -2.10. The van der Waals surface area contributed by atoms with Gasteiger partial charge >= 0.3 is 0 Å². The number of allylic oxidation sites excluding steroid dienone is 1. The van der Waals surface area contributed by atoms with Crippen LogP contribution in [0.25, 0.3) is 38.7 Å². The SMILES string of the molecule is Cn1c2cc3c(cc2c2cc4ccccc4cc21)CCC=C3. The monoisotopic (exact) mass is 283 g/mol. The van der Waals surface area contributed by atoms with Crippen molar-refractivity contribution in [1.82, 2.24) is 4.57 Å². The van der Waals surface area contributed by atoms with E-state index in [9.17, 15) is 0 Å². The second kappa shape index (κ2) is 4.23. The number of benzene rings is 3. The predicted molar refractivity (Wildman–Crippen MR) is 95.3 cm³/mol. The Balaban J connectivity index is 1.98. The highest BCUT2D eigenvalue weighted by molar-refractivity contribution is 6.13. The topological polar surface area (TPSA) is 4.93 Å². The van der Waals surface area contributed by atoms with E-state index in [1.165, 1.54) is 43.7 Å². The average molecular weight is 283 g/mol. The molecule has 106 valence electrons. The van der Waals surface area contributed by atoms with Crippen LogP contribution in [0.2, 0.25) is 0 Å². The zero-order valence-electron chi connectivity index (χ0n) is 12.6. The first-order valence-corrected chi connectivity index (χ1v) is 7.91. The van der Waals surface area contributed by atoms with E-state index in [4.69, 9.17) is 0 Å². The third kappa shape index (κ3) is 1.54. The van der Waals surface area contributed by atoms with Crippen molar-refractivity contribution >= 4 is 38.7 Å². The number of rotatable bonds is 0. The Labute approximate surface area is 129 Å². The van der Waals surface area contributed by atoms with Crippen molar-refractivity contribution in [2.24, 2.45) is 7.05 Å². The molecule has 1 aliphatic carbocycles. The molecule has 0 N–H and O–H groups in total. The summed E-state index contributed by atoms with van der Waals surface area (Å²) in [5.41, 5.74) is 5.51. The number of aryl methyl sites for hydroxylation is 2. The molecule has 0 atom stereocenters. The van der Waals surface area contributed by atoms with Crippen LogP contribution in [0.3, 0.4) is 0 Å². The van der Waals surface area contributed by atoms with Gasteiger partial charge in [0.2, 0.25) is 0 Å². The lowest BCUT2D eigenvalue weighted by atomic mass is 9.95. The molecule has 3 aromatic carbocycles. The molecular weight excluding hydrogens is 266 g/mol. The minimum atomic E-state index is 1.16. The Hall–Kier alpha value is -2.54. The fourth-order valence-electron chi connectivity index (χ4n) is 3.81. The third-order valence-corrected chi connectivity index (χ3v) is 5.01. The van der Waals surface area contributed by atoms with Crippen LogP contribution in [0, 0.1) is 0 Å². The zero-order valence-corrected chi connectivity index (χ0v) is 12.6. The summed E-state index contributed by atoms with van der Waals surface area (Å²) in [7, 11) is 2.18. The van der Waals surface area contributed by atoms with Crippen LogP contribution in [-0.2, 0) is 13.5 Å². The predicted octanol–water partition coefficient (Wildman–Crippen LogP) is 5.44. The molecule has 0 saturated heterocycles. The first kappa shape index (κ1) is 12.0. The molecule has 0 unspecified atom stereocenters. The molecule has 1 nitrogen and oxygen atoms in total. The van der Waals surface area contributed by atoms with Gasteiger partial charge in [-0.15, -0.1) is 0 Å². The molecule has 22 heavy (non-hydrogen) atoms. The minimum Gasteiger partial charge on any atom is -0.344 e. The van der Waals surface area contributed by atoms with Crippen molar-refractivity contribution in [3.05, 3.63) is 65.7 Å². The normalized spacial score (nSPS) is 14.0. The van der Waals surface area contributed by atoms with E-state index in [2.05, 4.69) is 72.3 Å². The van der Waals surface area contributed by atoms with Gasteiger partial charge in [-0.05, 0) is 59.0 Å². The van der Waals surface area contributed by atoms with Crippen LogP contribution >= 0.6 is 0 Å². The molecule has 1 aliphatic rings. The van der Waals surface area contributed by atoms with Crippen molar-refractivity contribution in [1.29, 1.82) is 0 Å². The van der Waals surface area contributed by atoms with E-state index in [0.717, 1.165) is 12.8 Å². The van der Waals surface area contributed by atoms with Crippen molar-refractivity contribution in [3.8, 4) is 0 Å². The first-order valence-electron chi connectivity index (χ1n) is 7.91. The van der Waals surface area contributed by atoms with Gasteiger partial charge in [-0.25, -0.2) is 0 Å². The van der Waals surface area contributed by atoms with Gasteiger partial charge in [0.25, 0.3) is 0 Å². The maximum Gasteiger partial charge on any atom is 0.0495 e. The van der Waals surface area contributed by atoms with E-state index in [1.54, 1.807) is 0 Å². The number of fused-ring (bicyclic) bond motifs is 5. The van der Waals surface area contributed by atoms with Crippen LogP contribution in [0.4, 0.5) is 0 Å². The first-order chi connectivity index (χ1) is 10.8. The molecule has 0 aliphatic heterocycles. The quantitative estimate of drug-likeness (QED) is 0.405. The summed E-state index contributed by atoms with van der Waals surface area (Å²) in [6.07, 6.45) is 6.87. The highest BCUT2D eigenvalue weighted by atomic mass is 14.9. The van der Waals surface area contributed by atoms with Crippen molar-refractivity contribution in [3.63, 3.8) is 0 Å². The summed E-state index contributed by atoms with van der Waals surface area (Å²) in [6.45, 7) is 0. The van der Waals surface area contributed by atoms with Gasteiger partial charge in [-0.2, -0.15) is 0 Å². The maximum absolute atomic E-state index is 2.41. The van der Waals surface area contributed by atoms with E-state index < -0.39 is 0 Å². The molecule has 1 heteroatoms. The van der Waals surface area contributed by atoms with Crippen molar-refractivity contribution in [2.75, 3.05) is 0 Å². The van der Waals surface area contributed by atoms with Gasteiger partial charge in [0.1, 0.15) is 0 Å². The summed E-state index contributed by atoms with van der Waals surface area (Å²) in [5, 5.41) is 5.39. The van der Waals surface area contributed by atoms with Crippen molar-refractivity contribution < 1.29 is 0 Å². The maximum atomic E-state index is 2.41. The summed E-state index contributed by atoms with van der Waals surface area (Å²) >= 11 is 0. The summed E-state index contributed by atoms with van der Waals surface area (Å²) < 4.78 is 2.33. The fraction of sp³-hybridized carbons (Fsp3) is 0.143. The summed E-state index contributed by atoms with van der Waals surface area (Å²) in [4.78, 5) is 0. The van der Waals surface area contributed by atoms with Gasteiger partial charge in [0, 0.05) is 28.9 Å². The molecule has 0 saturated carbocycles. The molecule has 0 bridgehead atoms. The average Bonchev–Trinajstić information content (AvgIpc) is 2.83. The van der Waals surface area contributed by atoms with Gasteiger partial charge in [0.15, 0.2) is 0 Å². The fourth-order valence-corrected chi connectivity index (χ4v) is 3.81. The number of nitrogens with zero attached hydrogens (tertiary/aromatic N) is 1. The van der Waals surface area contributed by atoms with Crippen LogP contribution in [-0.4, -0.2) is 4.57 Å². The minimum absolute atomic E-state index is 1.16. The van der Waals surface area contributed by atoms with Crippen LogP contribution < -0.4 is 0 Å². The standard InChI is InChI=1S/C21H17N/c1-22-20-12-16-8-4-2-6-14(16)10-18(20)19-11-15-7-3-5-9-17(15)13-21(19)22/h2,4-6,8-13H,3,7H2,1H3. The second-order valence-corrected chi connectivity index (χ2v) is 6.28. The molecular formula is C21H17N. The summed E-state index contributed by atoms with van der Waals surface area (Å²) in [5.74, 6) is 0. The summed E-state index contributed by atoms with van der Waals surface area (Å²) in [6, 6.07) is 18.1. The van der Waals surface area contributed by atoms with Gasteiger partial charge in [-0.3, -0.25) is 0 Å². The van der Waals surface area contributed by atoms with E-state index in [-0.39, 0.29) is 0 Å². The Morgan fingerprint density at radius 2 is 1.59 bits per heavy atom. The molecule has 0 radical (unpaired) electrons. The van der Waals surface area contributed by atoms with Crippen molar-refractivity contribution in [2.45, 2.75) is 12.8 Å². The Morgan fingerprint density at radius 3 is 2.45 bits per heavy atom. The molecule has 0 spiro atoms. The number of aromatic nitrogens is 1. The second-order valence-electron chi connectivity index (χ2n) is 6.28. The lowest BCUT2D eigenvalue weighted by molar-refractivity contribution is 0.982. The van der Waals surface area contributed by atoms with Crippen LogP contribution in [0.1, 0.15) is 17.5 Å². The van der Waals surface area contributed by atoms with Crippen LogP contribution in [0.15, 0.2) is 54.6 Å². The molecule has 0 fully saturated rings. The number of hydrogen-bond donors (Lipinski definition) is 0. The lowest BCUT2D eigenvalue weighted by Crippen LogP contribution is -1.94. The Kier molecular flexibility index (Phi) is 2.32. The van der Waals surface area contributed by atoms with Gasteiger partial charge in [0.05, 0.1) is 0 Å². The van der Waals surface area contributed by atoms with E-state index >= 15 is 0 Å². The smallest absolute Gasteiger partial charge is 0.0495 e. The highest BCUT2D eigenvalue weighted by Crippen LogP contribution is 2.34. The van der Waals surface area contributed by atoms with E-state index in [0.29, 0.717) is 0 Å². The van der Waals surface area contributed by atoms with Crippen LogP contribution in [0.5, 0.6) is 0 Å². The molecule has 1 aromatic heterocycles.